The fraction of sp³-hybridized carbons (Fsp3) is 0.562. The molecule has 20 heavy (non-hydrogen) atoms. The van der Waals surface area contributed by atoms with E-state index in [1.165, 1.54) is 6.07 Å². The molecule has 0 amide bonds. The maximum absolute atomic E-state index is 13.7. The Bertz CT molecular complexity index is 476. The number of halogens is 1. The van der Waals surface area contributed by atoms with Gasteiger partial charge in [0.1, 0.15) is 5.82 Å². The zero-order valence-corrected chi connectivity index (χ0v) is 11.9. The molecule has 0 bridgehead atoms. The highest BCUT2D eigenvalue weighted by Gasteiger charge is 2.21. The van der Waals surface area contributed by atoms with E-state index in [1.54, 1.807) is 12.1 Å². The lowest BCUT2D eigenvalue weighted by atomic mass is 9.93. The maximum Gasteiger partial charge on any atom is 0.130 e. The molecule has 1 aromatic carbocycles. The molecule has 0 saturated heterocycles. The van der Waals surface area contributed by atoms with Crippen LogP contribution in [0.15, 0.2) is 18.2 Å². The summed E-state index contributed by atoms with van der Waals surface area (Å²) in [6, 6.07) is 7.06. The third-order valence-electron chi connectivity index (χ3n) is 3.82. The number of hydrogen-bond donors (Lipinski definition) is 1. The molecule has 0 atom stereocenters. The lowest BCUT2D eigenvalue weighted by Gasteiger charge is -2.29. The van der Waals surface area contributed by atoms with E-state index in [9.17, 15) is 4.39 Å². The average Bonchev–Trinajstić information content (AvgIpc) is 2.48. The Morgan fingerprint density at radius 2 is 2.10 bits per heavy atom. The first-order valence-electron chi connectivity index (χ1n) is 7.26. The van der Waals surface area contributed by atoms with E-state index in [0.29, 0.717) is 17.2 Å². The minimum absolute atomic E-state index is 0.222. The summed E-state index contributed by atoms with van der Waals surface area (Å²) in [5.74, 6) is -0.356. The first-order valence-corrected chi connectivity index (χ1v) is 7.26. The molecule has 1 aliphatic rings. The van der Waals surface area contributed by atoms with Gasteiger partial charge in [0.05, 0.1) is 24.3 Å². The van der Waals surface area contributed by atoms with Crippen molar-refractivity contribution in [2.75, 3.05) is 6.54 Å². The zero-order chi connectivity index (χ0) is 14.4. The standard InChI is InChI=1S/C16H21FN2O/c1-2-19-14-5-7-15(8-6-14)20-11-13-4-3-12(10-18)9-16(13)17/h3-4,9,14-15,19H,2,5-8,11H2,1H3. The van der Waals surface area contributed by atoms with Crippen LogP contribution in [0, 0.1) is 17.1 Å². The van der Waals surface area contributed by atoms with Gasteiger partial charge in [-0.25, -0.2) is 4.39 Å². The van der Waals surface area contributed by atoms with Crippen LogP contribution < -0.4 is 5.32 Å². The average molecular weight is 276 g/mol. The normalized spacial score (nSPS) is 22.4. The summed E-state index contributed by atoms with van der Waals surface area (Å²) in [6.45, 7) is 3.41. The number of rotatable bonds is 5. The Morgan fingerprint density at radius 3 is 2.70 bits per heavy atom. The second-order valence-electron chi connectivity index (χ2n) is 5.26. The van der Waals surface area contributed by atoms with Crippen molar-refractivity contribution >= 4 is 0 Å². The van der Waals surface area contributed by atoms with Crippen LogP contribution >= 0.6 is 0 Å². The van der Waals surface area contributed by atoms with Crippen LogP contribution in [-0.2, 0) is 11.3 Å². The molecular formula is C16H21FN2O. The molecule has 0 aliphatic heterocycles. The summed E-state index contributed by atoms with van der Waals surface area (Å²) in [6.07, 6.45) is 4.51. The molecule has 0 unspecified atom stereocenters. The molecule has 0 aromatic heterocycles. The summed E-state index contributed by atoms with van der Waals surface area (Å²) in [4.78, 5) is 0. The van der Waals surface area contributed by atoms with Crippen molar-refractivity contribution in [3.63, 3.8) is 0 Å². The summed E-state index contributed by atoms with van der Waals surface area (Å²) >= 11 is 0. The van der Waals surface area contributed by atoms with Crippen molar-refractivity contribution < 1.29 is 9.13 Å². The van der Waals surface area contributed by atoms with E-state index in [1.807, 2.05) is 6.07 Å². The first kappa shape index (κ1) is 15.0. The molecule has 0 heterocycles. The number of nitriles is 1. The molecule has 108 valence electrons. The van der Waals surface area contributed by atoms with Crippen molar-refractivity contribution in [2.24, 2.45) is 0 Å². The number of ether oxygens (including phenoxy) is 1. The number of nitrogens with zero attached hydrogens (tertiary/aromatic N) is 1. The van der Waals surface area contributed by atoms with Crippen molar-refractivity contribution in [1.29, 1.82) is 5.26 Å². The van der Waals surface area contributed by atoms with Crippen LogP contribution in [0.2, 0.25) is 0 Å². The second kappa shape index (κ2) is 7.37. The third kappa shape index (κ3) is 4.03. The fourth-order valence-corrected chi connectivity index (χ4v) is 2.66. The molecule has 2 rings (SSSR count). The molecule has 3 nitrogen and oxygen atoms in total. The van der Waals surface area contributed by atoms with Crippen LogP contribution in [0.1, 0.15) is 43.7 Å². The summed E-state index contributed by atoms with van der Waals surface area (Å²) in [5, 5.41) is 12.2. The van der Waals surface area contributed by atoms with Gasteiger partial charge in [0.2, 0.25) is 0 Å². The second-order valence-corrected chi connectivity index (χ2v) is 5.26. The van der Waals surface area contributed by atoms with Crippen LogP contribution in [0.3, 0.4) is 0 Å². The van der Waals surface area contributed by atoms with Crippen molar-refractivity contribution in [3.8, 4) is 6.07 Å². The van der Waals surface area contributed by atoms with Crippen LogP contribution in [0.4, 0.5) is 4.39 Å². The van der Waals surface area contributed by atoms with Gasteiger partial charge in [-0.1, -0.05) is 13.0 Å². The monoisotopic (exact) mass is 276 g/mol. The predicted octanol–water partition coefficient (Wildman–Crippen LogP) is 3.13. The van der Waals surface area contributed by atoms with Gasteiger partial charge in [-0.3, -0.25) is 0 Å². The topological polar surface area (TPSA) is 45.0 Å². The van der Waals surface area contributed by atoms with E-state index in [2.05, 4.69) is 12.2 Å². The van der Waals surface area contributed by atoms with Crippen molar-refractivity contribution in [1.82, 2.24) is 5.32 Å². The molecule has 1 aromatic rings. The number of benzene rings is 1. The highest BCUT2D eigenvalue weighted by molar-refractivity contribution is 5.32. The van der Waals surface area contributed by atoms with E-state index in [0.717, 1.165) is 32.2 Å². The van der Waals surface area contributed by atoms with Gasteiger partial charge < -0.3 is 10.1 Å². The van der Waals surface area contributed by atoms with Crippen LogP contribution in [-0.4, -0.2) is 18.7 Å². The molecule has 1 N–H and O–H groups in total. The minimum atomic E-state index is -0.356. The molecule has 0 spiro atoms. The molecule has 1 saturated carbocycles. The van der Waals surface area contributed by atoms with Gasteiger partial charge in [-0.2, -0.15) is 5.26 Å². The smallest absolute Gasteiger partial charge is 0.130 e. The van der Waals surface area contributed by atoms with E-state index < -0.39 is 0 Å². The van der Waals surface area contributed by atoms with Gasteiger partial charge in [0.15, 0.2) is 0 Å². The van der Waals surface area contributed by atoms with Gasteiger partial charge in [-0.05, 0) is 44.4 Å². The molecule has 1 aliphatic carbocycles. The predicted molar refractivity (Wildman–Crippen MR) is 75.6 cm³/mol. The van der Waals surface area contributed by atoms with E-state index >= 15 is 0 Å². The first-order chi connectivity index (χ1) is 9.72. The van der Waals surface area contributed by atoms with Gasteiger partial charge in [0, 0.05) is 11.6 Å². The van der Waals surface area contributed by atoms with Gasteiger partial charge >= 0.3 is 0 Å². The Morgan fingerprint density at radius 1 is 1.35 bits per heavy atom. The Kier molecular flexibility index (Phi) is 5.51. The summed E-state index contributed by atoms with van der Waals surface area (Å²) in [7, 11) is 0. The maximum atomic E-state index is 13.7. The Hall–Kier alpha value is -1.44. The lowest BCUT2D eigenvalue weighted by Crippen LogP contribution is -2.35. The van der Waals surface area contributed by atoms with Crippen molar-refractivity contribution in [3.05, 3.63) is 35.1 Å². The molecular weight excluding hydrogens is 255 g/mol. The van der Waals surface area contributed by atoms with Crippen LogP contribution in [0.25, 0.3) is 0 Å². The highest BCUT2D eigenvalue weighted by Crippen LogP contribution is 2.22. The fourth-order valence-electron chi connectivity index (χ4n) is 2.66. The molecule has 0 radical (unpaired) electrons. The third-order valence-corrected chi connectivity index (χ3v) is 3.82. The minimum Gasteiger partial charge on any atom is -0.373 e. The Labute approximate surface area is 119 Å². The lowest BCUT2D eigenvalue weighted by molar-refractivity contribution is 0.0102. The van der Waals surface area contributed by atoms with Gasteiger partial charge in [-0.15, -0.1) is 0 Å². The zero-order valence-electron chi connectivity index (χ0n) is 11.9. The summed E-state index contributed by atoms with van der Waals surface area (Å²) < 4.78 is 19.5. The van der Waals surface area contributed by atoms with E-state index in [4.69, 9.17) is 10.00 Å². The van der Waals surface area contributed by atoms with Crippen LogP contribution in [0.5, 0.6) is 0 Å². The Balaban J connectivity index is 1.80. The quantitative estimate of drug-likeness (QED) is 0.898. The number of nitrogens with one attached hydrogen (secondary N) is 1. The van der Waals surface area contributed by atoms with Gasteiger partial charge in [0.25, 0.3) is 0 Å². The summed E-state index contributed by atoms with van der Waals surface area (Å²) in [5.41, 5.74) is 0.871. The SMILES string of the molecule is CCNC1CCC(OCc2ccc(C#N)cc2F)CC1. The van der Waals surface area contributed by atoms with E-state index in [-0.39, 0.29) is 18.5 Å². The molecule has 4 heteroatoms. The molecule has 1 fully saturated rings. The van der Waals surface area contributed by atoms with Crippen molar-refractivity contribution in [2.45, 2.75) is 51.4 Å². The largest absolute Gasteiger partial charge is 0.373 e. The highest BCUT2D eigenvalue weighted by atomic mass is 19.1. The number of hydrogen-bond acceptors (Lipinski definition) is 3.